The zero-order valence-electron chi connectivity index (χ0n) is 14.9. The number of hydrogen-bond acceptors (Lipinski definition) is 4. The van der Waals surface area contributed by atoms with Crippen LogP contribution in [0.15, 0.2) is 53.5 Å². The second-order valence-electron chi connectivity index (χ2n) is 6.09. The van der Waals surface area contributed by atoms with Crippen molar-refractivity contribution in [3.8, 4) is 0 Å². The maximum absolute atomic E-state index is 12.5. The first kappa shape index (κ1) is 18.1. The highest BCUT2D eigenvalue weighted by atomic mass is 32.1. The van der Waals surface area contributed by atoms with Crippen LogP contribution >= 0.6 is 11.3 Å². The average molecular weight is 367 g/mol. The molecule has 1 N–H and O–H groups in total. The Kier molecular flexibility index (Phi) is 5.63. The number of aromatic nitrogens is 2. The fourth-order valence-corrected chi connectivity index (χ4v) is 3.71. The van der Waals surface area contributed by atoms with Gasteiger partial charge >= 0.3 is 0 Å². The maximum atomic E-state index is 12.5. The lowest BCUT2D eigenvalue weighted by molar-refractivity contribution is 0.103. The van der Waals surface area contributed by atoms with Gasteiger partial charge in [-0.3, -0.25) is 9.59 Å². The van der Waals surface area contributed by atoms with Gasteiger partial charge in [0.2, 0.25) is 0 Å². The zero-order chi connectivity index (χ0) is 18.5. The average Bonchev–Trinajstić information content (AvgIpc) is 2.99. The number of amides is 1. The van der Waals surface area contributed by atoms with Gasteiger partial charge in [-0.15, -0.1) is 11.3 Å². The molecule has 134 valence electrons. The highest BCUT2D eigenvalue weighted by Gasteiger charge is 2.15. The molecule has 0 spiro atoms. The van der Waals surface area contributed by atoms with Gasteiger partial charge in [-0.25, -0.2) is 4.98 Å². The van der Waals surface area contributed by atoms with E-state index in [0.29, 0.717) is 11.4 Å². The molecule has 3 aromatic rings. The molecule has 0 aliphatic heterocycles. The van der Waals surface area contributed by atoms with Crippen LogP contribution in [0.2, 0.25) is 0 Å². The van der Waals surface area contributed by atoms with Crippen molar-refractivity contribution in [2.24, 2.45) is 0 Å². The highest BCUT2D eigenvalue weighted by molar-refractivity contribution is 7.13. The van der Waals surface area contributed by atoms with Gasteiger partial charge in [0.25, 0.3) is 11.5 Å². The van der Waals surface area contributed by atoms with E-state index in [-0.39, 0.29) is 11.5 Å². The van der Waals surface area contributed by atoms with E-state index in [4.69, 9.17) is 0 Å². The largest absolute Gasteiger partial charge is 0.321 e. The van der Waals surface area contributed by atoms with E-state index in [2.05, 4.69) is 17.2 Å². The van der Waals surface area contributed by atoms with E-state index >= 15 is 0 Å². The van der Waals surface area contributed by atoms with Crippen LogP contribution in [0.3, 0.4) is 0 Å². The van der Waals surface area contributed by atoms with Crippen molar-refractivity contribution < 1.29 is 4.79 Å². The zero-order valence-corrected chi connectivity index (χ0v) is 15.7. The lowest BCUT2D eigenvalue weighted by atomic mass is 10.2. The molecule has 0 saturated carbocycles. The summed E-state index contributed by atoms with van der Waals surface area (Å²) in [7, 11) is 0. The number of nitrogens with zero attached hydrogens (tertiary/aromatic N) is 2. The summed E-state index contributed by atoms with van der Waals surface area (Å²) in [6.07, 6.45) is 3.67. The number of carbonyl (C=O) groups excluding carboxylic acids is 1. The van der Waals surface area contributed by atoms with Crippen molar-refractivity contribution in [1.82, 2.24) is 9.55 Å². The van der Waals surface area contributed by atoms with Crippen molar-refractivity contribution in [2.75, 3.05) is 5.32 Å². The topological polar surface area (TPSA) is 64.0 Å². The smallest absolute Gasteiger partial charge is 0.267 e. The van der Waals surface area contributed by atoms with Crippen molar-refractivity contribution in [3.63, 3.8) is 0 Å². The molecule has 3 rings (SSSR count). The first-order valence-corrected chi connectivity index (χ1v) is 9.40. The number of pyridine rings is 1. The van der Waals surface area contributed by atoms with Crippen LogP contribution in [-0.4, -0.2) is 15.5 Å². The van der Waals surface area contributed by atoms with Gasteiger partial charge in [0.15, 0.2) is 0 Å². The predicted octanol–water partition coefficient (Wildman–Crippen LogP) is 3.87. The number of nitrogens with one attached hydrogen (secondary N) is 1. The molecular weight excluding hydrogens is 346 g/mol. The molecule has 0 bridgehead atoms. The maximum Gasteiger partial charge on any atom is 0.267 e. The number of thiazole rings is 1. The number of aryl methyl sites for hydroxylation is 2. The lowest BCUT2D eigenvalue weighted by Gasteiger charge is -2.07. The number of carbonyl (C=O) groups is 1. The summed E-state index contributed by atoms with van der Waals surface area (Å²) in [5.74, 6) is -0.130. The number of benzene rings is 1. The first-order chi connectivity index (χ1) is 12.6. The van der Waals surface area contributed by atoms with Gasteiger partial charge in [0.1, 0.15) is 4.88 Å². The van der Waals surface area contributed by atoms with Crippen LogP contribution in [0.1, 0.15) is 39.3 Å². The molecule has 2 heterocycles. The fourth-order valence-electron chi connectivity index (χ4n) is 2.65. The van der Waals surface area contributed by atoms with Crippen molar-refractivity contribution in [1.29, 1.82) is 0 Å². The molecule has 0 aliphatic carbocycles. The molecule has 0 unspecified atom stereocenters. The second-order valence-corrected chi connectivity index (χ2v) is 7.17. The lowest BCUT2D eigenvalue weighted by Crippen LogP contribution is -2.18. The number of rotatable bonds is 6. The van der Waals surface area contributed by atoms with Gasteiger partial charge < -0.3 is 9.88 Å². The minimum Gasteiger partial charge on any atom is -0.321 e. The van der Waals surface area contributed by atoms with E-state index in [0.717, 1.165) is 34.8 Å². The van der Waals surface area contributed by atoms with E-state index < -0.39 is 0 Å². The Morgan fingerprint density at radius 2 is 1.96 bits per heavy atom. The summed E-state index contributed by atoms with van der Waals surface area (Å²) < 4.78 is 1.64. The van der Waals surface area contributed by atoms with E-state index in [9.17, 15) is 9.59 Å². The molecule has 5 nitrogen and oxygen atoms in total. The molecule has 1 amide bonds. The summed E-state index contributed by atoms with van der Waals surface area (Å²) in [5, 5.41) is 3.92. The Morgan fingerprint density at radius 3 is 2.65 bits per heavy atom. The summed E-state index contributed by atoms with van der Waals surface area (Å²) in [5.41, 5.74) is 2.46. The normalized spacial score (nSPS) is 10.7. The molecule has 0 saturated heterocycles. The summed E-state index contributed by atoms with van der Waals surface area (Å²) in [4.78, 5) is 29.4. The van der Waals surface area contributed by atoms with Gasteiger partial charge in [-0.1, -0.05) is 25.1 Å². The molecule has 6 heteroatoms. The van der Waals surface area contributed by atoms with Crippen LogP contribution in [0, 0.1) is 6.92 Å². The molecule has 0 aliphatic rings. The SMILES string of the molecule is CCCc1nc(C)c(C(=O)Nc2ccc(Cn3ccccc3=O)cc2)s1. The standard InChI is InChI=1S/C20H21N3O2S/c1-3-6-17-21-14(2)19(26-17)20(25)22-16-10-8-15(9-11-16)13-23-12-5-4-7-18(23)24/h4-5,7-12H,3,6,13H2,1-2H3,(H,22,25). The van der Waals surface area contributed by atoms with Crippen LogP contribution < -0.4 is 10.9 Å². The fraction of sp³-hybridized carbons (Fsp3) is 0.250. The number of hydrogen-bond donors (Lipinski definition) is 1. The third kappa shape index (κ3) is 4.26. The molecule has 1 aromatic carbocycles. The number of anilines is 1. The van der Waals surface area contributed by atoms with Gasteiger partial charge in [-0.05, 0) is 43.5 Å². The van der Waals surface area contributed by atoms with E-state index in [1.807, 2.05) is 37.3 Å². The van der Waals surface area contributed by atoms with Crippen molar-refractivity contribution >= 4 is 22.9 Å². The van der Waals surface area contributed by atoms with Crippen molar-refractivity contribution in [3.05, 3.63) is 80.2 Å². The Balaban J connectivity index is 1.68. The summed E-state index contributed by atoms with van der Waals surface area (Å²) in [6.45, 7) is 4.47. The molecule has 0 fully saturated rings. The quantitative estimate of drug-likeness (QED) is 0.719. The first-order valence-electron chi connectivity index (χ1n) is 8.59. The summed E-state index contributed by atoms with van der Waals surface area (Å²) in [6, 6.07) is 12.6. The highest BCUT2D eigenvalue weighted by Crippen LogP contribution is 2.21. The van der Waals surface area contributed by atoms with E-state index in [1.165, 1.54) is 11.3 Å². The molecule has 2 aromatic heterocycles. The molecular formula is C20H21N3O2S. The van der Waals surface area contributed by atoms with Crippen LogP contribution in [0.25, 0.3) is 0 Å². The van der Waals surface area contributed by atoms with Crippen molar-refractivity contribution in [2.45, 2.75) is 33.2 Å². The third-order valence-electron chi connectivity index (χ3n) is 3.97. The predicted molar refractivity (Wildman–Crippen MR) is 105 cm³/mol. The third-order valence-corrected chi connectivity index (χ3v) is 5.19. The minimum absolute atomic E-state index is 0.0339. The minimum atomic E-state index is -0.130. The monoisotopic (exact) mass is 367 g/mol. The molecule has 26 heavy (non-hydrogen) atoms. The summed E-state index contributed by atoms with van der Waals surface area (Å²) >= 11 is 1.46. The molecule has 0 atom stereocenters. The van der Waals surface area contributed by atoms with Crippen LogP contribution in [-0.2, 0) is 13.0 Å². The Labute approximate surface area is 156 Å². The Morgan fingerprint density at radius 1 is 1.19 bits per heavy atom. The molecule has 0 radical (unpaired) electrons. The van der Waals surface area contributed by atoms with Crippen LogP contribution in [0.5, 0.6) is 0 Å². The van der Waals surface area contributed by atoms with Gasteiger partial charge in [0.05, 0.1) is 17.2 Å². The Hall–Kier alpha value is -2.73. The Bertz CT molecular complexity index is 958. The second kappa shape index (κ2) is 8.10. The van der Waals surface area contributed by atoms with E-state index in [1.54, 1.807) is 22.9 Å². The van der Waals surface area contributed by atoms with Gasteiger partial charge in [0, 0.05) is 18.0 Å². The van der Waals surface area contributed by atoms with Gasteiger partial charge in [-0.2, -0.15) is 0 Å². The van der Waals surface area contributed by atoms with Crippen LogP contribution in [0.4, 0.5) is 5.69 Å².